The highest BCUT2D eigenvalue weighted by molar-refractivity contribution is 5.88. The molecule has 2 atom stereocenters. The van der Waals surface area contributed by atoms with Crippen molar-refractivity contribution in [2.24, 2.45) is 0 Å². The number of hydrogen-bond donors (Lipinski definition) is 1. The van der Waals surface area contributed by atoms with Crippen molar-refractivity contribution in [3.8, 4) is 0 Å². The molecule has 20 heavy (non-hydrogen) atoms. The number of aromatic nitrogens is 1. The summed E-state index contributed by atoms with van der Waals surface area (Å²) in [6.45, 7) is 6.01. The standard InChI is InChI=1S/C14H22N4O2/c1-9-7-18(8-10(2)17(9)3)13-11(15)5-6-12(16-13)14(19)20-4/h5-6,9-10H,7-8,15H2,1-4H3. The molecule has 6 heteroatoms. The van der Waals surface area contributed by atoms with Gasteiger partial charge in [0.25, 0.3) is 0 Å². The van der Waals surface area contributed by atoms with Crippen LogP contribution < -0.4 is 10.6 Å². The molecule has 1 fully saturated rings. The number of rotatable bonds is 2. The fraction of sp³-hybridized carbons (Fsp3) is 0.571. The average Bonchev–Trinajstić information content (AvgIpc) is 2.44. The molecule has 6 nitrogen and oxygen atoms in total. The van der Waals surface area contributed by atoms with Crippen LogP contribution in [0.1, 0.15) is 24.3 Å². The third-order valence-electron chi connectivity index (χ3n) is 3.96. The lowest BCUT2D eigenvalue weighted by atomic mass is 10.1. The van der Waals surface area contributed by atoms with Gasteiger partial charge in [0.1, 0.15) is 0 Å². The fourth-order valence-electron chi connectivity index (χ4n) is 2.51. The zero-order chi connectivity index (χ0) is 14.9. The number of likely N-dealkylation sites (N-methyl/N-ethyl adjacent to an activating group) is 1. The molecular weight excluding hydrogens is 256 g/mol. The van der Waals surface area contributed by atoms with Crippen LogP contribution in [0.25, 0.3) is 0 Å². The van der Waals surface area contributed by atoms with Crippen LogP contribution in [0.3, 0.4) is 0 Å². The minimum absolute atomic E-state index is 0.288. The highest BCUT2D eigenvalue weighted by atomic mass is 16.5. The van der Waals surface area contributed by atoms with Crippen molar-refractivity contribution in [3.05, 3.63) is 17.8 Å². The molecule has 2 unspecified atom stereocenters. The zero-order valence-corrected chi connectivity index (χ0v) is 12.5. The Labute approximate surface area is 119 Å². The monoisotopic (exact) mass is 278 g/mol. The van der Waals surface area contributed by atoms with Crippen LogP contribution in [-0.4, -0.2) is 55.2 Å². The predicted octanol–water partition coefficient (Wildman–Crippen LogP) is 0.979. The van der Waals surface area contributed by atoms with E-state index < -0.39 is 5.97 Å². The molecule has 1 aliphatic heterocycles. The maximum absolute atomic E-state index is 11.6. The molecule has 1 aliphatic rings. The van der Waals surface area contributed by atoms with E-state index in [-0.39, 0.29) is 5.69 Å². The number of piperazine rings is 1. The van der Waals surface area contributed by atoms with Gasteiger partial charge in [-0.25, -0.2) is 9.78 Å². The summed E-state index contributed by atoms with van der Waals surface area (Å²) < 4.78 is 4.71. The SMILES string of the molecule is COC(=O)c1ccc(N)c(N2CC(C)N(C)C(C)C2)n1. The molecule has 2 heterocycles. The topological polar surface area (TPSA) is 71.7 Å². The molecule has 1 aromatic heterocycles. The number of esters is 1. The number of carbonyl (C=O) groups excluding carboxylic acids is 1. The molecule has 0 radical (unpaired) electrons. The Morgan fingerprint density at radius 3 is 2.50 bits per heavy atom. The van der Waals surface area contributed by atoms with E-state index in [1.807, 2.05) is 0 Å². The highest BCUT2D eigenvalue weighted by Gasteiger charge is 2.28. The van der Waals surface area contributed by atoms with E-state index in [1.165, 1.54) is 7.11 Å². The van der Waals surface area contributed by atoms with Gasteiger partial charge in [0.15, 0.2) is 11.5 Å². The first kappa shape index (κ1) is 14.6. The molecule has 2 N–H and O–H groups in total. The number of ether oxygens (including phenoxy) is 1. The summed E-state index contributed by atoms with van der Waals surface area (Å²) in [7, 11) is 3.47. The van der Waals surface area contributed by atoms with Crippen LogP contribution in [0.15, 0.2) is 12.1 Å². The Morgan fingerprint density at radius 1 is 1.35 bits per heavy atom. The van der Waals surface area contributed by atoms with Crippen molar-refractivity contribution in [2.45, 2.75) is 25.9 Å². The van der Waals surface area contributed by atoms with E-state index in [1.54, 1.807) is 12.1 Å². The van der Waals surface area contributed by atoms with E-state index in [4.69, 9.17) is 10.5 Å². The van der Waals surface area contributed by atoms with Gasteiger partial charge >= 0.3 is 5.97 Å². The number of hydrogen-bond acceptors (Lipinski definition) is 6. The first-order valence-corrected chi connectivity index (χ1v) is 6.75. The van der Waals surface area contributed by atoms with Gasteiger partial charge in [0, 0.05) is 25.2 Å². The Kier molecular flexibility index (Phi) is 4.13. The van der Waals surface area contributed by atoms with Crippen molar-refractivity contribution in [1.29, 1.82) is 0 Å². The van der Waals surface area contributed by atoms with Crippen LogP contribution in [-0.2, 0) is 4.74 Å². The van der Waals surface area contributed by atoms with E-state index in [0.29, 0.717) is 23.6 Å². The number of methoxy groups -OCH3 is 1. The van der Waals surface area contributed by atoms with Gasteiger partial charge in [0.2, 0.25) is 0 Å². The normalized spacial score (nSPS) is 23.7. The van der Waals surface area contributed by atoms with Gasteiger partial charge in [-0.3, -0.25) is 4.90 Å². The fourth-order valence-corrected chi connectivity index (χ4v) is 2.51. The summed E-state index contributed by atoms with van der Waals surface area (Å²) in [5, 5.41) is 0. The van der Waals surface area contributed by atoms with Crippen LogP contribution in [0.4, 0.5) is 11.5 Å². The first-order valence-electron chi connectivity index (χ1n) is 6.75. The third-order valence-corrected chi connectivity index (χ3v) is 3.96. The molecule has 1 aromatic rings. The number of pyridine rings is 1. The van der Waals surface area contributed by atoms with Gasteiger partial charge in [-0.2, -0.15) is 0 Å². The minimum Gasteiger partial charge on any atom is -0.464 e. The van der Waals surface area contributed by atoms with E-state index >= 15 is 0 Å². The van der Waals surface area contributed by atoms with Crippen molar-refractivity contribution in [1.82, 2.24) is 9.88 Å². The second-order valence-electron chi connectivity index (χ2n) is 5.37. The van der Waals surface area contributed by atoms with Crippen molar-refractivity contribution in [3.63, 3.8) is 0 Å². The number of anilines is 2. The number of carbonyl (C=O) groups is 1. The van der Waals surface area contributed by atoms with Crippen molar-refractivity contribution < 1.29 is 9.53 Å². The Balaban J connectivity index is 2.30. The van der Waals surface area contributed by atoms with Crippen LogP contribution in [0.2, 0.25) is 0 Å². The molecule has 0 aromatic carbocycles. The summed E-state index contributed by atoms with van der Waals surface area (Å²) >= 11 is 0. The third kappa shape index (κ3) is 2.70. The lowest BCUT2D eigenvalue weighted by Gasteiger charge is -2.43. The molecule has 0 amide bonds. The van der Waals surface area contributed by atoms with E-state index in [0.717, 1.165) is 13.1 Å². The molecule has 0 spiro atoms. The molecule has 0 aliphatic carbocycles. The molecular formula is C14H22N4O2. The summed E-state index contributed by atoms with van der Waals surface area (Å²) in [4.78, 5) is 20.4. The smallest absolute Gasteiger partial charge is 0.356 e. The van der Waals surface area contributed by atoms with Crippen molar-refractivity contribution in [2.75, 3.05) is 37.9 Å². The van der Waals surface area contributed by atoms with E-state index in [2.05, 4.69) is 35.7 Å². The van der Waals surface area contributed by atoms with Gasteiger partial charge in [-0.1, -0.05) is 0 Å². The first-order chi connectivity index (χ1) is 9.43. The number of nitrogens with zero attached hydrogens (tertiary/aromatic N) is 3. The average molecular weight is 278 g/mol. The second-order valence-corrected chi connectivity index (χ2v) is 5.37. The minimum atomic E-state index is -0.443. The van der Waals surface area contributed by atoms with Crippen LogP contribution >= 0.6 is 0 Å². The van der Waals surface area contributed by atoms with Crippen molar-refractivity contribution >= 4 is 17.5 Å². The second kappa shape index (κ2) is 5.66. The quantitative estimate of drug-likeness (QED) is 0.813. The predicted molar refractivity (Wildman–Crippen MR) is 78.9 cm³/mol. The molecule has 2 rings (SSSR count). The van der Waals surface area contributed by atoms with Gasteiger partial charge < -0.3 is 15.4 Å². The summed E-state index contributed by atoms with van der Waals surface area (Å²) in [6.07, 6.45) is 0. The molecule has 110 valence electrons. The number of nitrogens with two attached hydrogens (primary N) is 1. The van der Waals surface area contributed by atoms with Crippen LogP contribution in [0.5, 0.6) is 0 Å². The summed E-state index contributed by atoms with van der Waals surface area (Å²) in [5.41, 5.74) is 6.89. The molecule has 0 bridgehead atoms. The maximum atomic E-state index is 11.6. The largest absolute Gasteiger partial charge is 0.464 e. The Bertz CT molecular complexity index is 494. The highest BCUT2D eigenvalue weighted by Crippen LogP contribution is 2.25. The zero-order valence-electron chi connectivity index (χ0n) is 12.5. The molecule has 1 saturated heterocycles. The van der Waals surface area contributed by atoms with Gasteiger partial charge in [0.05, 0.1) is 12.8 Å². The number of nitrogen functional groups attached to an aromatic ring is 1. The maximum Gasteiger partial charge on any atom is 0.356 e. The summed E-state index contributed by atoms with van der Waals surface area (Å²) in [6, 6.07) is 4.11. The van der Waals surface area contributed by atoms with E-state index in [9.17, 15) is 4.79 Å². The lowest BCUT2D eigenvalue weighted by molar-refractivity contribution is 0.0594. The molecule has 0 saturated carbocycles. The lowest BCUT2D eigenvalue weighted by Crippen LogP contribution is -2.55. The van der Waals surface area contributed by atoms with Gasteiger partial charge in [-0.15, -0.1) is 0 Å². The van der Waals surface area contributed by atoms with Crippen LogP contribution in [0, 0.1) is 0 Å². The Morgan fingerprint density at radius 2 is 1.95 bits per heavy atom. The Hall–Kier alpha value is -1.82. The summed E-state index contributed by atoms with van der Waals surface area (Å²) in [5.74, 6) is 0.223. The van der Waals surface area contributed by atoms with Gasteiger partial charge in [-0.05, 0) is 33.0 Å².